The Labute approximate surface area is 98.5 Å². The van der Waals surface area contributed by atoms with Gasteiger partial charge in [0.15, 0.2) is 5.78 Å². The Morgan fingerprint density at radius 2 is 1.56 bits per heavy atom. The van der Waals surface area contributed by atoms with Crippen LogP contribution in [0.1, 0.15) is 21.2 Å². The summed E-state index contributed by atoms with van der Waals surface area (Å²) in [4.78, 5) is 13.3. The number of benzene rings is 2. The molecule has 0 N–H and O–H groups in total. The maximum atomic E-state index is 12.2. The second-order valence-corrected chi connectivity index (χ2v) is 4.92. The van der Waals surface area contributed by atoms with Gasteiger partial charge >= 0.3 is 0 Å². The number of thioether (sulfide) groups is 1. The van der Waals surface area contributed by atoms with E-state index in [1.807, 2.05) is 54.6 Å². The lowest BCUT2D eigenvalue weighted by Crippen LogP contribution is -2.03. The summed E-state index contributed by atoms with van der Waals surface area (Å²) in [6.45, 7) is 0. The van der Waals surface area contributed by atoms with E-state index in [0.717, 1.165) is 16.0 Å². The highest BCUT2D eigenvalue weighted by molar-refractivity contribution is 8.00. The zero-order valence-corrected chi connectivity index (χ0v) is 9.41. The molecule has 0 amide bonds. The average molecular weight is 226 g/mol. The number of Topliss-reactive ketones (excluding diaryl/α,β-unsaturated/α-hetero) is 1. The molecule has 0 bridgehead atoms. The van der Waals surface area contributed by atoms with E-state index in [4.69, 9.17) is 0 Å². The summed E-state index contributed by atoms with van der Waals surface area (Å²) in [7, 11) is 0. The Hall–Kier alpha value is -1.54. The third kappa shape index (κ3) is 1.46. The average Bonchev–Trinajstić information content (AvgIpc) is 2.69. The molecule has 1 heterocycles. The van der Waals surface area contributed by atoms with E-state index in [0.29, 0.717) is 0 Å². The van der Waals surface area contributed by atoms with Gasteiger partial charge in [0.1, 0.15) is 0 Å². The molecule has 16 heavy (non-hydrogen) atoms. The van der Waals surface area contributed by atoms with Crippen molar-refractivity contribution in [3.63, 3.8) is 0 Å². The first-order chi connectivity index (χ1) is 7.86. The number of ketones is 1. The molecule has 0 aromatic heterocycles. The summed E-state index contributed by atoms with van der Waals surface area (Å²) in [5.41, 5.74) is 1.95. The van der Waals surface area contributed by atoms with Gasteiger partial charge in [0, 0.05) is 10.5 Å². The zero-order valence-electron chi connectivity index (χ0n) is 8.59. The Bertz CT molecular complexity index is 533. The standard InChI is InChI=1S/C14H10OS/c15-13-11-8-4-5-9-12(11)16-14(13)10-6-2-1-3-7-10/h1-9,14H/t14-/m0/s1. The molecule has 0 saturated carbocycles. The second kappa shape index (κ2) is 3.80. The lowest BCUT2D eigenvalue weighted by atomic mass is 10.0. The van der Waals surface area contributed by atoms with E-state index in [-0.39, 0.29) is 11.0 Å². The summed E-state index contributed by atoms with van der Waals surface area (Å²) in [5, 5.41) is -0.0569. The van der Waals surface area contributed by atoms with Gasteiger partial charge in [0.2, 0.25) is 0 Å². The van der Waals surface area contributed by atoms with Gasteiger partial charge in [-0.1, -0.05) is 48.5 Å². The van der Waals surface area contributed by atoms with Gasteiger partial charge in [0.05, 0.1) is 5.25 Å². The van der Waals surface area contributed by atoms with E-state index in [1.54, 1.807) is 11.8 Å². The molecule has 0 unspecified atom stereocenters. The number of hydrogen-bond donors (Lipinski definition) is 0. The topological polar surface area (TPSA) is 17.1 Å². The molecule has 1 aliphatic rings. The summed E-state index contributed by atoms with van der Waals surface area (Å²) >= 11 is 1.65. The Balaban J connectivity index is 2.02. The lowest BCUT2D eigenvalue weighted by molar-refractivity contribution is 0.0991. The Kier molecular flexibility index (Phi) is 2.29. The fourth-order valence-corrected chi connectivity index (χ4v) is 3.18. The zero-order chi connectivity index (χ0) is 11.0. The molecule has 78 valence electrons. The second-order valence-electron chi connectivity index (χ2n) is 3.77. The number of carbonyl (C=O) groups excluding carboxylic acids is 1. The largest absolute Gasteiger partial charge is 0.292 e. The van der Waals surface area contributed by atoms with E-state index < -0.39 is 0 Å². The minimum Gasteiger partial charge on any atom is -0.292 e. The molecular weight excluding hydrogens is 216 g/mol. The molecule has 2 aromatic carbocycles. The van der Waals surface area contributed by atoms with Gasteiger partial charge in [-0.25, -0.2) is 0 Å². The van der Waals surface area contributed by atoms with E-state index in [2.05, 4.69) is 0 Å². The van der Waals surface area contributed by atoms with Crippen molar-refractivity contribution in [3.05, 3.63) is 65.7 Å². The maximum absolute atomic E-state index is 12.2. The molecule has 0 radical (unpaired) electrons. The van der Waals surface area contributed by atoms with Crippen molar-refractivity contribution in [2.45, 2.75) is 10.1 Å². The van der Waals surface area contributed by atoms with Gasteiger partial charge in [-0.05, 0) is 11.6 Å². The summed E-state index contributed by atoms with van der Waals surface area (Å²) in [6.07, 6.45) is 0. The van der Waals surface area contributed by atoms with Crippen LogP contribution < -0.4 is 0 Å². The molecule has 0 saturated heterocycles. The van der Waals surface area contributed by atoms with Crippen LogP contribution in [0.2, 0.25) is 0 Å². The van der Waals surface area contributed by atoms with Crippen LogP contribution in [0.25, 0.3) is 0 Å². The van der Waals surface area contributed by atoms with Crippen LogP contribution in [0.3, 0.4) is 0 Å². The lowest BCUT2D eigenvalue weighted by Gasteiger charge is -2.06. The molecule has 1 nitrogen and oxygen atoms in total. The van der Waals surface area contributed by atoms with E-state index in [1.165, 1.54) is 0 Å². The molecular formula is C14H10OS. The van der Waals surface area contributed by atoms with Crippen LogP contribution in [0.5, 0.6) is 0 Å². The number of hydrogen-bond acceptors (Lipinski definition) is 2. The normalized spacial score (nSPS) is 18.5. The fourth-order valence-electron chi connectivity index (χ4n) is 1.94. The molecule has 0 spiro atoms. The molecule has 0 aliphatic carbocycles. The van der Waals surface area contributed by atoms with Crippen LogP contribution in [-0.2, 0) is 0 Å². The van der Waals surface area contributed by atoms with Crippen molar-refractivity contribution < 1.29 is 4.79 Å². The van der Waals surface area contributed by atoms with Gasteiger partial charge in [-0.3, -0.25) is 4.79 Å². The van der Waals surface area contributed by atoms with Crippen molar-refractivity contribution in [2.24, 2.45) is 0 Å². The molecule has 2 aromatic rings. The van der Waals surface area contributed by atoms with Crippen LogP contribution in [0, 0.1) is 0 Å². The number of fused-ring (bicyclic) bond motifs is 1. The summed E-state index contributed by atoms with van der Waals surface area (Å²) in [5.74, 6) is 0.229. The SMILES string of the molecule is O=C1c2ccccc2S[C@H]1c1ccccc1. The highest BCUT2D eigenvalue weighted by atomic mass is 32.2. The predicted octanol–water partition coefficient (Wildman–Crippen LogP) is 3.72. The first-order valence-electron chi connectivity index (χ1n) is 5.21. The van der Waals surface area contributed by atoms with Crippen molar-refractivity contribution >= 4 is 17.5 Å². The Morgan fingerprint density at radius 1 is 0.875 bits per heavy atom. The van der Waals surface area contributed by atoms with Crippen LogP contribution in [0.4, 0.5) is 0 Å². The van der Waals surface area contributed by atoms with Gasteiger partial charge in [-0.15, -0.1) is 11.8 Å². The van der Waals surface area contributed by atoms with Crippen LogP contribution in [-0.4, -0.2) is 5.78 Å². The third-order valence-electron chi connectivity index (χ3n) is 2.74. The van der Waals surface area contributed by atoms with Crippen molar-refractivity contribution in [3.8, 4) is 0 Å². The molecule has 1 atom stereocenters. The highest BCUT2D eigenvalue weighted by Crippen LogP contribution is 2.45. The smallest absolute Gasteiger partial charge is 0.181 e. The van der Waals surface area contributed by atoms with Gasteiger partial charge in [-0.2, -0.15) is 0 Å². The van der Waals surface area contributed by atoms with E-state index >= 15 is 0 Å². The minimum absolute atomic E-state index is 0.0569. The molecule has 1 aliphatic heterocycles. The summed E-state index contributed by atoms with van der Waals surface area (Å²) < 4.78 is 0. The van der Waals surface area contributed by atoms with Crippen molar-refractivity contribution in [1.29, 1.82) is 0 Å². The number of rotatable bonds is 1. The first kappa shape index (κ1) is 9.67. The van der Waals surface area contributed by atoms with Gasteiger partial charge in [0.25, 0.3) is 0 Å². The van der Waals surface area contributed by atoms with Crippen molar-refractivity contribution in [2.75, 3.05) is 0 Å². The molecule has 3 rings (SSSR count). The first-order valence-corrected chi connectivity index (χ1v) is 6.09. The van der Waals surface area contributed by atoms with E-state index in [9.17, 15) is 4.79 Å². The monoisotopic (exact) mass is 226 g/mol. The highest BCUT2D eigenvalue weighted by Gasteiger charge is 2.31. The maximum Gasteiger partial charge on any atom is 0.181 e. The predicted molar refractivity (Wildman–Crippen MR) is 65.8 cm³/mol. The minimum atomic E-state index is -0.0569. The van der Waals surface area contributed by atoms with Crippen LogP contribution in [0.15, 0.2) is 59.5 Å². The Morgan fingerprint density at radius 3 is 2.31 bits per heavy atom. The molecule has 2 heteroatoms. The quantitative estimate of drug-likeness (QED) is 0.737. The van der Waals surface area contributed by atoms with Crippen molar-refractivity contribution in [1.82, 2.24) is 0 Å². The fraction of sp³-hybridized carbons (Fsp3) is 0.0714. The van der Waals surface area contributed by atoms with Crippen LogP contribution >= 0.6 is 11.8 Å². The molecule has 0 fully saturated rings. The number of carbonyl (C=O) groups is 1. The third-order valence-corrected chi connectivity index (χ3v) is 4.07. The summed E-state index contributed by atoms with van der Waals surface area (Å²) in [6, 6.07) is 17.8. The van der Waals surface area contributed by atoms with Gasteiger partial charge < -0.3 is 0 Å².